The van der Waals surface area contributed by atoms with Crippen LogP contribution in [0.15, 0.2) is 18.2 Å². The van der Waals surface area contributed by atoms with Crippen LogP contribution < -0.4 is 20.1 Å². The minimum atomic E-state index is -0.297. The van der Waals surface area contributed by atoms with Crippen molar-refractivity contribution < 1.29 is 14.3 Å². The number of fused-ring (bicyclic) bond motifs is 1. The van der Waals surface area contributed by atoms with Gasteiger partial charge in [0.2, 0.25) is 12.7 Å². The molecule has 2 N–H and O–H groups in total. The van der Waals surface area contributed by atoms with Gasteiger partial charge in [-0.2, -0.15) is 0 Å². The fourth-order valence-corrected chi connectivity index (χ4v) is 1.77. The summed E-state index contributed by atoms with van der Waals surface area (Å²) in [6.07, 6.45) is 0.919. The van der Waals surface area contributed by atoms with E-state index in [9.17, 15) is 4.79 Å². The van der Waals surface area contributed by atoms with Crippen LogP contribution in [0.25, 0.3) is 0 Å². The molecule has 1 aliphatic heterocycles. The summed E-state index contributed by atoms with van der Waals surface area (Å²) in [5.74, 6) is 1.44. The highest BCUT2D eigenvalue weighted by Gasteiger charge is 2.17. The Kier molecular flexibility index (Phi) is 4.14. The Labute approximate surface area is 113 Å². The maximum Gasteiger partial charge on any atom is 0.242 e. The summed E-state index contributed by atoms with van der Waals surface area (Å²) in [6, 6.07) is 5.45. The maximum atomic E-state index is 11.9. The van der Waals surface area contributed by atoms with E-state index >= 15 is 0 Å². The predicted molar refractivity (Wildman–Crippen MR) is 73.5 cm³/mol. The van der Waals surface area contributed by atoms with Crippen LogP contribution in [0, 0.1) is 0 Å². The topological polar surface area (TPSA) is 59.6 Å². The van der Waals surface area contributed by atoms with E-state index in [-0.39, 0.29) is 24.8 Å². The van der Waals surface area contributed by atoms with Crippen molar-refractivity contribution in [1.82, 2.24) is 5.32 Å². The Morgan fingerprint density at radius 3 is 2.79 bits per heavy atom. The quantitative estimate of drug-likeness (QED) is 0.855. The summed E-state index contributed by atoms with van der Waals surface area (Å²) in [5.41, 5.74) is 0.844. The van der Waals surface area contributed by atoms with Crippen LogP contribution >= 0.6 is 0 Å². The zero-order valence-electron chi connectivity index (χ0n) is 11.5. The van der Waals surface area contributed by atoms with Crippen LogP contribution in [0.4, 0.5) is 5.69 Å². The first-order valence-electron chi connectivity index (χ1n) is 6.56. The molecular formula is C14H20N2O3. The lowest BCUT2D eigenvalue weighted by Crippen LogP contribution is -2.41. The maximum absolute atomic E-state index is 11.9. The van der Waals surface area contributed by atoms with Crippen molar-refractivity contribution in [3.05, 3.63) is 18.2 Å². The Morgan fingerprint density at radius 1 is 1.32 bits per heavy atom. The molecule has 2 atom stereocenters. The predicted octanol–water partition coefficient (Wildman–Crippen LogP) is 2.13. The molecule has 0 saturated carbocycles. The van der Waals surface area contributed by atoms with Gasteiger partial charge in [-0.25, -0.2) is 0 Å². The zero-order chi connectivity index (χ0) is 13.8. The molecule has 1 aliphatic rings. The van der Waals surface area contributed by atoms with Crippen molar-refractivity contribution in [2.24, 2.45) is 0 Å². The van der Waals surface area contributed by atoms with Gasteiger partial charge in [0.25, 0.3) is 0 Å². The van der Waals surface area contributed by atoms with Gasteiger partial charge in [-0.3, -0.25) is 4.79 Å². The molecular weight excluding hydrogens is 244 g/mol. The van der Waals surface area contributed by atoms with E-state index < -0.39 is 0 Å². The second-order valence-electron chi connectivity index (χ2n) is 4.75. The van der Waals surface area contributed by atoms with Crippen molar-refractivity contribution in [2.45, 2.75) is 39.3 Å². The van der Waals surface area contributed by atoms with Crippen molar-refractivity contribution in [3.8, 4) is 11.5 Å². The average molecular weight is 264 g/mol. The van der Waals surface area contributed by atoms with Gasteiger partial charge >= 0.3 is 0 Å². The van der Waals surface area contributed by atoms with Gasteiger partial charge in [0.15, 0.2) is 11.5 Å². The Hall–Kier alpha value is -1.91. The van der Waals surface area contributed by atoms with E-state index in [4.69, 9.17) is 9.47 Å². The van der Waals surface area contributed by atoms with Crippen LogP contribution in [0.2, 0.25) is 0 Å². The molecule has 0 aliphatic carbocycles. The summed E-state index contributed by atoms with van der Waals surface area (Å²) in [5, 5.41) is 6.10. The lowest BCUT2D eigenvalue weighted by atomic mass is 10.2. The van der Waals surface area contributed by atoms with Gasteiger partial charge in [0, 0.05) is 17.8 Å². The van der Waals surface area contributed by atoms with Crippen molar-refractivity contribution in [3.63, 3.8) is 0 Å². The van der Waals surface area contributed by atoms with Crippen molar-refractivity contribution in [1.29, 1.82) is 0 Å². The Morgan fingerprint density at radius 2 is 2.05 bits per heavy atom. The number of carbonyl (C=O) groups excluding carboxylic acids is 1. The highest BCUT2D eigenvalue weighted by molar-refractivity contribution is 5.84. The second kappa shape index (κ2) is 5.82. The highest BCUT2D eigenvalue weighted by atomic mass is 16.7. The van der Waals surface area contributed by atoms with E-state index in [1.807, 2.05) is 39.0 Å². The number of benzene rings is 1. The molecule has 1 aromatic carbocycles. The van der Waals surface area contributed by atoms with Crippen LogP contribution in [-0.2, 0) is 4.79 Å². The molecule has 19 heavy (non-hydrogen) atoms. The molecule has 0 saturated heterocycles. The molecule has 0 radical (unpaired) electrons. The van der Waals surface area contributed by atoms with Crippen molar-refractivity contribution in [2.75, 3.05) is 12.1 Å². The number of hydrogen-bond donors (Lipinski definition) is 2. The third kappa shape index (κ3) is 3.30. The lowest BCUT2D eigenvalue weighted by Gasteiger charge is -2.18. The summed E-state index contributed by atoms with van der Waals surface area (Å²) in [6.45, 7) is 6.12. The average Bonchev–Trinajstić information content (AvgIpc) is 2.85. The molecule has 104 valence electrons. The minimum absolute atomic E-state index is 0.00739. The summed E-state index contributed by atoms with van der Waals surface area (Å²) in [7, 11) is 0. The van der Waals surface area contributed by atoms with Gasteiger partial charge in [-0.15, -0.1) is 0 Å². The first-order valence-corrected chi connectivity index (χ1v) is 6.56. The smallest absolute Gasteiger partial charge is 0.242 e. The molecule has 1 aromatic rings. The van der Waals surface area contributed by atoms with E-state index in [0.29, 0.717) is 5.75 Å². The van der Waals surface area contributed by atoms with Gasteiger partial charge in [0.1, 0.15) is 6.04 Å². The van der Waals surface area contributed by atoms with Crippen molar-refractivity contribution >= 4 is 11.6 Å². The summed E-state index contributed by atoms with van der Waals surface area (Å²) in [4.78, 5) is 11.9. The molecule has 0 spiro atoms. The molecule has 1 amide bonds. The second-order valence-corrected chi connectivity index (χ2v) is 4.75. The van der Waals surface area contributed by atoms with Gasteiger partial charge in [-0.05, 0) is 32.4 Å². The van der Waals surface area contributed by atoms with Crippen LogP contribution in [0.3, 0.4) is 0 Å². The fourth-order valence-electron chi connectivity index (χ4n) is 1.77. The van der Waals surface area contributed by atoms with E-state index in [2.05, 4.69) is 10.6 Å². The summed E-state index contributed by atoms with van der Waals surface area (Å²) < 4.78 is 10.5. The SMILES string of the molecule is CCC(C)NC(=O)C(C)Nc1ccc2c(c1)OCO2. The molecule has 5 heteroatoms. The summed E-state index contributed by atoms with van der Waals surface area (Å²) >= 11 is 0. The molecule has 2 unspecified atom stereocenters. The molecule has 5 nitrogen and oxygen atoms in total. The fraction of sp³-hybridized carbons (Fsp3) is 0.500. The zero-order valence-corrected chi connectivity index (χ0v) is 11.5. The van der Waals surface area contributed by atoms with Crippen LogP contribution in [-0.4, -0.2) is 24.8 Å². The van der Waals surface area contributed by atoms with E-state index in [1.54, 1.807) is 0 Å². The Balaban J connectivity index is 1.95. The third-order valence-corrected chi connectivity index (χ3v) is 3.15. The first-order chi connectivity index (χ1) is 9.10. The third-order valence-electron chi connectivity index (χ3n) is 3.15. The van der Waals surface area contributed by atoms with Gasteiger partial charge < -0.3 is 20.1 Å². The number of rotatable bonds is 5. The first kappa shape index (κ1) is 13.5. The highest BCUT2D eigenvalue weighted by Crippen LogP contribution is 2.34. The number of carbonyl (C=O) groups is 1. The number of ether oxygens (including phenoxy) is 2. The molecule has 2 rings (SSSR count). The van der Waals surface area contributed by atoms with E-state index in [0.717, 1.165) is 17.9 Å². The number of amides is 1. The number of hydrogen-bond acceptors (Lipinski definition) is 4. The Bertz CT molecular complexity index is 462. The monoisotopic (exact) mass is 264 g/mol. The van der Waals surface area contributed by atoms with E-state index in [1.165, 1.54) is 0 Å². The normalized spacial score (nSPS) is 15.7. The molecule has 1 heterocycles. The van der Waals surface area contributed by atoms with Gasteiger partial charge in [-0.1, -0.05) is 6.92 Å². The van der Waals surface area contributed by atoms with Crippen LogP contribution in [0.5, 0.6) is 11.5 Å². The molecule has 0 fully saturated rings. The lowest BCUT2D eigenvalue weighted by molar-refractivity contribution is -0.122. The standard InChI is InChI=1S/C14H20N2O3/c1-4-9(2)15-14(17)10(3)16-11-5-6-12-13(7-11)19-8-18-12/h5-7,9-10,16H,4,8H2,1-3H3,(H,15,17). The number of anilines is 1. The largest absolute Gasteiger partial charge is 0.454 e. The number of nitrogens with one attached hydrogen (secondary N) is 2. The van der Waals surface area contributed by atoms with Crippen LogP contribution in [0.1, 0.15) is 27.2 Å². The van der Waals surface area contributed by atoms with Gasteiger partial charge in [0.05, 0.1) is 0 Å². The molecule has 0 aromatic heterocycles. The molecule has 0 bridgehead atoms. The minimum Gasteiger partial charge on any atom is -0.454 e.